The average molecular weight is 327 g/mol. The van der Waals surface area contributed by atoms with E-state index in [-0.39, 0.29) is 12.2 Å². The highest BCUT2D eigenvalue weighted by atomic mass is 16.4. The fraction of sp³-hybridized carbons (Fsp3) is 0.111. The normalized spacial score (nSPS) is 12.4. The molecular formula is C18H17NO5. The predicted molar refractivity (Wildman–Crippen MR) is 88.4 cm³/mol. The Morgan fingerprint density at radius 2 is 1.62 bits per heavy atom. The molecule has 0 unspecified atom stereocenters. The Morgan fingerprint density at radius 1 is 1.00 bits per heavy atom. The summed E-state index contributed by atoms with van der Waals surface area (Å²) in [6.07, 6.45) is 1.29. The molecule has 0 heterocycles. The second-order valence-electron chi connectivity index (χ2n) is 5.18. The number of carbonyl (C=O) groups is 2. The maximum atomic E-state index is 12.0. The van der Waals surface area contributed by atoms with Crippen molar-refractivity contribution in [2.45, 2.75) is 12.5 Å². The second-order valence-corrected chi connectivity index (χ2v) is 5.18. The summed E-state index contributed by atoms with van der Waals surface area (Å²) in [6.45, 7) is 0. The fourth-order valence-electron chi connectivity index (χ4n) is 2.07. The fourth-order valence-corrected chi connectivity index (χ4v) is 2.07. The van der Waals surface area contributed by atoms with Crippen LogP contribution in [-0.2, 0) is 16.0 Å². The molecule has 2 aromatic carbocycles. The third-order valence-electron chi connectivity index (χ3n) is 3.32. The molecule has 0 aliphatic rings. The molecule has 0 bridgehead atoms. The summed E-state index contributed by atoms with van der Waals surface area (Å²) in [7, 11) is 0. The van der Waals surface area contributed by atoms with E-state index in [1.54, 1.807) is 42.5 Å². The summed E-state index contributed by atoms with van der Waals surface area (Å²) < 4.78 is 0. The van der Waals surface area contributed by atoms with Crippen molar-refractivity contribution in [1.82, 2.24) is 5.32 Å². The molecule has 0 saturated carbocycles. The Morgan fingerprint density at radius 3 is 2.21 bits per heavy atom. The van der Waals surface area contributed by atoms with Gasteiger partial charge >= 0.3 is 5.97 Å². The van der Waals surface area contributed by atoms with Gasteiger partial charge in [0.05, 0.1) is 0 Å². The molecule has 0 spiro atoms. The second kappa shape index (κ2) is 7.82. The number of carboxylic acid groups (broad SMARTS) is 1. The molecule has 2 aromatic rings. The van der Waals surface area contributed by atoms with Crippen molar-refractivity contribution in [3.8, 4) is 5.75 Å². The molecular weight excluding hydrogens is 310 g/mol. The molecule has 1 atom stereocenters. The Kier molecular flexibility index (Phi) is 5.57. The van der Waals surface area contributed by atoms with Gasteiger partial charge in [-0.15, -0.1) is 0 Å². The number of rotatable bonds is 6. The summed E-state index contributed by atoms with van der Waals surface area (Å²) in [5.41, 5.74) is 1.25. The summed E-state index contributed by atoms with van der Waals surface area (Å²) in [5.74, 6) is -2.59. The average Bonchev–Trinajstić information content (AvgIpc) is 2.56. The number of hydrogen-bond acceptors (Lipinski definition) is 4. The predicted octanol–water partition coefficient (Wildman–Crippen LogP) is 2.10. The van der Waals surface area contributed by atoms with E-state index in [0.29, 0.717) is 11.1 Å². The van der Waals surface area contributed by atoms with Gasteiger partial charge in [-0.25, -0.2) is 4.79 Å². The highest BCUT2D eigenvalue weighted by Crippen LogP contribution is 2.12. The highest BCUT2D eigenvalue weighted by molar-refractivity contribution is 5.97. The van der Waals surface area contributed by atoms with Gasteiger partial charge in [0.25, 0.3) is 5.91 Å². The topological polar surface area (TPSA) is 107 Å². The Bertz CT molecular complexity index is 738. The number of hydrogen-bond donors (Lipinski definition) is 4. The van der Waals surface area contributed by atoms with Crippen LogP contribution in [0.25, 0.3) is 6.08 Å². The Hall–Kier alpha value is -3.28. The van der Waals surface area contributed by atoms with Crippen LogP contribution in [0.2, 0.25) is 0 Å². The molecule has 1 amide bonds. The molecule has 0 aliphatic carbocycles. The summed E-state index contributed by atoms with van der Waals surface area (Å²) in [4.78, 5) is 23.3. The number of aliphatic hydroxyl groups excluding tert-OH is 1. The van der Waals surface area contributed by atoms with Crippen molar-refractivity contribution in [1.29, 1.82) is 0 Å². The van der Waals surface area contributed by atoms with Crippen molar-refractivity contribution < 1.29 is 24.9 Å². The van der Waals surface area contributed by atoms with E-state index in [0.717, 1.165) is 0 Å². The number of aromatic hydroxyl groups is 1. The van der Waals surface area contributed by atoms with E-state index >= 15 is 0 Å². The third kappa shape index (κ3) is 4.88. The van der Waals surface area contributed by atoms with Crippen molar-refractivity contribution in [3.05, 3.63) is 71.5 Å². The Balaban J connectivity index is 2.06. The van der Waals surface area contributed by atoms with Crippen LogP contribution in [-0.4, -0.2) is 33.2 Å². The van der Waals surface area contributed by atoms with Gasteiger partial charge in [0.1, 0.15) is 11.8 Å². The lowest BCUT2D eigenvalue weighted by Crippen LogP contribution is -2.42. The number of carbonyl (C=O) groups excluding carboxylic acids is 1. The zero-order valence-electron chi connectivity index (χ0n) is 12.7. The van der Waals surface area contributed by atoms with Gasteiger partial charge in [-0.3, -0.25) is 4.79 Å². The van der Waals surface area contributed by atoms with Gasteiger partial charge in [0, 0.05) is 6.42 Å². The monoisotopic (exact) mass is 327 g/mol. The van der Waals surface area contributed by atoms with Crippen LogP contribution in [0.4, 0.5) is 0 Å². The molecule has 6 nitrogen and oxygen atoms in total. The first kappa shape index (κ1) is 17.1. The van der Waals surface area contributed by atoms with Crippen LogP contribution >= 0.6 is 0 Å². The zero-order valence-corrected chi connectivity index (χ0v) is 12.7. The van der Waals surface area contributed by atoms with E-state index in [1.165, 1.54) is 18.2 Å². The van der Waals surface area contributed by atoms with E-state index in [2.05, 4.69) is 5.32 Å². The number of phenols is 1. The number of benzene rings is 2. The summed E-state index contributed by atoms with van der Waals surface area (Å²) >= 11 is 0. The molecule has 4 N–H and O–H groups in total. The van der Waals surface area contributed by atoms with E-state index < -0.39 is 23.7 Å². The largest absolute Gasteiger partial charge is 0.508 e. The van der Waals surface area contributed by atoms with Gasteiger partial charge in [-0.05, 0) is 29.3 Å². The van der Waals surface area contributed by atoms with Crippen LogP contribution in [0.15, 0.2) is 60.4 Å². The molecule has 24 heavy (non-hydrogen) atoms. The van der Waals surface area contributed by atoms with Crippen LogP contribution in [0.3, 0.4) is 0 Å². The lowest BCUT2D eigenvalue weighted by Gasteiger charge is -2.14. The minimum atomic E-state index is -1.22. The van der Waals surface area contributed by atoms with E-state index in [9.17, 15) is 24.9 Å². The van der Waals surface area contributed by atoms with Crippen LogP contribution in [0, 0.1) is 0 Å². The van der Waals surface area contributed by atoms with Crippen molar-refractivity contribution in [2.24, 2.45) is 0 Å². The number of amides is 1. The van der Waals surface area contributed by atoms with Crippen LogP contribution in [0.5, 0.6) is 5.75 Å². The van der Waals surface area contributed by atoms with Crippen molar-refractivity contribution in [3.63, 3.8) is 0 Å². The number of nitrogens with one attached hydrogen (secondary N) is 1. The molecule has 0 saturated heterocycles. The molecule has 0 aromatic heterocycles. The molecule has 0 radical (unpaired) electrons. The van der Waals surface area contributed by atoms with Gasteiger partial charge in [-0.1, -0.05) is 42.5 Å². The van der Waals surface area contributed by atoms with Gasteiger partial charge in [0.15, 0.2) is 5.76 Å². The third-order valence-corrected chi connectivity index (χ3v) is 3.32. The van der Waals surface area contributed by atoms with Crippen molar-refractivity contribution in [2.75, 3.05) is 0 Å². The van der Waals surface area contributed by atoms with E-state index in [1.807, 2.05) is 0 Å². The zero-order chi connectivity index (χ0) is 17.5. The smallest absolute Gasteiger partial charge is 0.326 e. The van der Waals surface area contributed by atoms with Gasteiger partial charge in [-0.2, -0.15) is 0 Å². The summed E-state index contributed by atoms with van der Waals surface area (Å²) in [5, 5.41) is 30.6. The quantitative estimate of drug-likeness (QED) is 0.480. The van der Waals surface area contributed by atoms with Crippen LogP contribution in [0.1, 0.15) is 11.1 Å². The highest BCUT2D eigenvalue weighted by Gasteiger charge is 2.22. The number of phenolic OH excluding ortho intramolecular Hbond substituents is 1. The van der Waals surface area contributed by atoms with Gasteiger partial charge in [0.2, 0.25) is 0 Å². The van der Waals surface area contributed by atoms with E-state index in [4.69, 9.17) is 0 Å². The molecule has 0 aliphatic heterocycles. The number of aliphatic carboxylic acids is 1. The first-order valence-corrected chi connectivity index (χ1v) is 7.23. The standard InChI is InChI=1S/C18H17NO5/c20-14-8-6-13(7-9-14)10-15(18(23)24)19-17(22)16(21)11-12-4-2-1-3-5-12/h1-9,11,15,20-21H,10H2,(H,19,22)(H,23,24)/t15-/m0/s1. The lowest BCUT2D eigenvalue weighted by molar-refractivity contribution is -0.141. The Labute approximate surface area is 138 Å². The first-order chi connectivity index (χ1) is 11.5. The van der Waals surface area contributed by atoms with Gasteiger partial charge < -0.3 is 20.6 Å². The minimum Gasteiger partial charge on any atom is -0.508 e. The SMILES string of the molecule is O=C(N[C@@H](Cc1ccc(O)cc1)C(=O)O)C(O)=Cc1ccccc1. The molecule has 2 rings (SSSR count). The maximum Gasteiger partial charge on any atom is 0.326 e. The molecule has 0 fully saturated rings. The first-order valence-electron chi connectivity index (χ1n) is 7.23. The molecule has 6 heteroatoms. The lowest BCUT2D eigenvalue weighted by atomic mass is 10.1. The minimum absolute atomic E-state index is 0.0277. The van der Waals surface area contributed by atoms with Crippen LogP contribution < -0.4 is 5.32 Å². The maximum absolute atomic E-state index is 12.0. The number of carboxylic acids is 1. The van der Waals surface area contributed by atoms with Crippen molar-refractivity contribution >= 4 is 18.0 Å². The number of aliphatic hydroxyl groups is 1. The summed E-state index contributed by atoms with van der Waals surface area (Å²) in [6, 6.07) is 13.5. The molecule has 124 valence electrons.